The van der Waals surface area contributed by atoms with Crippen LogP contribution in [0.1, 0.15) is 41.1 Å². The number of aliphatic hydroxyl groups is 1. The van der Waals surface area contributed by atoms with E-state index in [0.29, 0.717) is 22.8 Å². The monoisotopic (exact) mass is 480 g/mol. The number of aliphatic hydroxyl groups excluding tert-OH is 1. The van der Waals surface area contributed by atoms with Crippen LogP contribution in [0.15, 0.2) is 54.9 Å². The van der Waals surface area contributed by atoms with Crippen LogP contribution in [0.4, 0.5) is 0 Å². The molecule has 5 N–H and O–H groups in total. The number of benzene rings is 2. The zero-order chi connectivity index (χ0) is 24.6. The number of rotatable bonds is 4. The molecule has 182 valence electrons. The third-order valence-electron chi connectivity index (χ3n) is 7.68. The van der Waals surface area contributed by atoms with Crippen molar-refractivity contribution in [3.05, 3.63) is 83.1 Å². The summed E-state index contributed by atoms with van der Waals surface area (Å²) >= 11 is 0. The summed E-state index contributed by atoms with van der Waals surface area (Å²) < 4.78 is 5.76. The number of fused-ring (bicyclic) bond motifs is 2. The first kappa shape index (κ1) is 22.7. The second-order valence-corrected chi connectivity index (χ2v) is 9.59. The first-order chi connectivity index (χ1) is 17.6. The number of aromatic amines is 1. The standard InChI is InChI=1S/C28H28N6O2/c29-28(23-6-2-1-4-19(23)15-27(28)9-11-30-12-10-27)26-25(18-35)33-21(17-31-26)5-3-13-36-22-7-8-24-20(14-22)16-32-34-24/h1-2,4,6-8,14,16-17,30,35H,9-13,15,18,29H2,(H,32,34)/t28-/m0/s1. The van der Waals surface area contributed by atoms with E-state index in [-0.39, 0.29) is 18.6 Å². The largest absolute Gasteiger partial charge is 0.481 e. The Bertz CT molecular complexity index is 1480. The highest BCUT2D eigenvalue weighted by molar-refractivity contribution is 5.79. The summed E-state index contributed by atoms with van der Waals surface area (Å²) in [4.78, 5) is 9.46. The maximum Gasteiger partial charge on any atom is 0.149 e. The minimum Gasteiger partial charge on any atom is -0.481 e. The van der Waals surface area contributed by atoms with Gasteiger partial charge in [0.05, 0.1) is 41.4 Å². The number of nitrogens with zero attached hydrogens (tertiary/aromatic N) is 3. The number of aromatic nitrogens is 4. The van der Waals surface area contributed by atoms with E-state index in [1.165, 1.54) is 5.56 Å². The van der Waals surface area contributed by atoms with Crippen LogP contribution in [0.25, 0.3) is 10.9 Å². The van der Waals surface area contributed by atoms with E-state index in [4.69, 9.17) is 15.5 Å². The maximum absolute atomic E-state index is 10.3. The van der Waals surface area contributed by atoms with Gasteiger partial charge in [-0.25, -0.2) is 4.98 Å². The van der Waals surface area contributed by atoms with Gasteiger partial charge >= 0.3 is 0 Å². The molecule has 1 atom stereocenters. The van der Waals surface area contributed by atoms with Gasteiger partial charge in [-0.15, -0.1) is 0 Å². The number of hydrogen-bond donors (Lipinski definition) is 4. The number of H-pyrrole nitrogens is 1. The summed E-state index contributed by atoms with van der Waals surface area (Å²) in [6, 6.07) is 14.0. The summed E-state index contributed by atoms with van der Waals surface area (Å²) in [5.41, 5.74) is 11.2. The van der Waals surface area contributed by atoms with E-state index in [9.17, 15) is 5.11 Å². The lowest BCUT2D eigenvalue weighted by atomic mass is 9.63. The molecule has 0 bridgehead atoms. The molecule has 2 aromatic carbocycles. The zero-order valence-electron chi connectivity index (χ0n) is 19.9. The molecule has 1 saturated heterocycles. The van der Waals surface area contributed by atoms with Crippen molar-refractivity contribution >= 4 is 10.9 Å². The minimum atomic E-state index is -0.822. The highest BCUT2D eigenvalue weighted by Gasteiger charge is 2.58. The third kappa shape index (κ3) is 3.64. The quantitative estimate of drug-likeness (QED) is 0.331. The summed E-state index contributed by atoms with van der Waals surface area (Å²) in [6.45, 7) is 1.76. The van der Waals surface area contributed by atoms with Gasteiger partial charge in [-0.05, 0) is 67.6 Å². The first-order valence-electron chi connectivity index (χ1n) is 12.2. The summed E-state index contributed by atoms with van der Waals surface area (Å²) in [5.74, 6) is 6.72. The van der Waals surface area contributed by atoms with Crippen molar-refractivity contribution in [1.29, 1.82) is 0 Å². The van der Waals surface area contributed by atoms with E-state index in [2.05, 4.69) is 50.5 Å². The van der Waals surface area contributed by atoms with Crippen molar-refractivity contribution in [2.75, 3.05) is 19.7 Å². The normalized spacial score (nSPS) is 20.2. The molecule has 4 aromatic rings. The predicted molar refractivity (Wildman–Crippen MR) is 136 cm³/mol. The number of nitrogens with one attached hydrogen (secondary N) is 2. The van der Waals surface area contributed by atoms with Crippen LogP contribution in [-0.2, 0) is 18.6 Å². The molecule has 0 unspecified atom stereocenters. The van der Waals surface area contributed by atoms with Gasteiger partial charge < -0.3 is 20.9 Å². The second kappa shape index (κ2) is 9.03. The summed E-state index contributed by atoms with van der Waals surface area (Å²) in [6.07, 6.45) is 6.19. The topological polar surface area (TPSA) is 122 Å². The molecular weight excluding hydrogens is 452 g/mol. The van der Waals surface area contributed by atoms with Gasteiger partial charge in [-0.2, -0.15) is 5.10 Å². The molecule has 0 saturated carbocycles. The Kier molecular flexibility index (Phi) is 5.69. The fourth-order valence-corrected chi connectivity index (χ4v) is 5.89. The maximum atomic E-state index is 10.3. The van der Waals surface area contributed by atoms with Crippen molar-refractivity contribution in [2.24, 2.45) is 11.1 Å². The molecular formula is C28H28N6O2. The van der Waals surface area contributed by atoms with Crippen molar-refractivity contribution < 1.29 is 9.84 Å². The average molecular weight is 481 g/mol. The van der Waals surface area contributed by atoms with Crippen molar-refractivity contribution in [1.82, 2.24) is 25.5 Å². The molecule has 36 heavy (non-hydrogen) atoms. The Balaban J connectivity index is 1.28. The Morgan fingerprint density at radius 2 is 1.97 bits per heavy atom. The number of ether oxygens (including phenoxy) is 1. The lowest BCUT2D eigenvalue weighted by molar-refractivity contribution is 0.114. The molecule has 0 amide bonds. The number of hydrogen-bond acceptors (Lipinski definition) is 7. The van der Waals surface area contributed by atoms with Crippen molar-refractivity contribution in [2.45, 2.75) is 31.4 Å². The van der Waals surface area contributed by atoms with Gasteiger partial charge in [0.1, 0.15) is 18.1 Å². The van der Waals surface area contributed by atoms with Crippen LogP contribution in [0.3, 0.4) is 0 Å². The molecule has 0 radical (unpaired) electrons. The Labute approximate surface area is 209 Å². The van der Waals surface area contributed by atoms with Crippen LogP contribution >= 0.6 is 0 Å². The van der Waals surface area contributed by atoms with Gasteiger partial charge in [-0.3, -0.25) is 10.1 Å². The van der Waals surface area contributed by atoms with E-state index in [1.807, 2.05) is 24.3 Å². The Morgan fingerprint density at radius 1 is 1.11 bits per heavy atom. The van der Waals surface area contributed by atoms with Gasteiger partial charge in [0.25, 0.3) is 0 Å². The average Bonchev–Trinajstić information content (AvgIpc) is 3.48. The van der Waals surface area contributed by atoms with Crippen molar-refractivity contribution in [3.8, 4) is 17.6 Å². The fourth-order valence-electron chi connectivity index (χ4n) is 5.89. The van der Waals surface area contributed by atoms with E-state index < -0.39 is 5.54 Å². The van der Waals surface area contributed by atoms with Gasteiger partial charge in [0, 0.05) is 10.8 Å². The van der Waals surface area contributed by atoms with Crippen molar-refractivity contribution in [3.63, 3.8) is 0 Å². The molecule has 8 nitrogen and oxygen atoms in total. The smallest absolute Gasteiger partial charge is 0.149 e. The number of piperidine rings is 1. The highest BCUT2D eigenvalue weighted by Crippen LogP contribution is 2.56. The Morgan fingerprint density at radius 3 is 2.83 bits per heavy atom. The fraction of sp³-hybridized carbons (Fsp3) is 0.321. The van der Waals surface area contributed by atoms with Gasteiger partial charge in [0.2, 0.25) is 0 Å². The SMILES string of the molecule is N[C@]1(c2ncc(C#CCOc3ccc4[nH]ncc4c3)nc2CO)c2ccccc2CC12CCNCC2. The molecule has 1 fully saturated rings. The third-order valence-corrected chi connectivity index (χ3v) is 7.68. The molecule has 2 aliphatic rings. The molecule has 1 spiro atoms. The molecule has 2 aromatic heterocycles. The Hall–Kier alpha value is -3.77. The molecule has 1 aliphatic carbocycles. The molecule has 6 rings (SSSR count). The van der Waals surface area contributed by atoms with Crippen LogP contribution in [0, 0.1) is 17.3 Å². The second-order valence-electron chi connectivity index (χ2n) is 9.59. The van der Waals surface area contributed by atoms with Gasteiger partial charge in [-0.1, -0.05) is 30.2 Å². The lowest BCUT2D eigenvalue weighted by Gasteiger charge is -2.46. The molecule has 1 aliphatic heterocycles. The van der Waals surface area contributed by atoms with Crippen LogP contribution < -0.4 is 15.8 Å². The van der Waals surface area contributed by atoms with Gasteiger partial charge in [0.15, 0.2) is 0 Å². The molecule has 8 heteroatoms. The summed E-state index contributed by atoms with van der Waals surface area (Å²) in [5, 5.41) is 21.7. The van der Waals surface area contributed by atoms with Crippen LogP contribution in [0.5, 0.6) is 5.75 Å². The van der Waals surface area contributed by atoms with Crippen LogP contribution in [0.2, 0.25) is 0 Å². The highest BCUT2D eigenvalue weighted by atomic mass is 16.5. The summed E-state index contributed by atoms with van der Waals surface area (Å²) in [7, 11) is 0. The van der Waals surface area contributed by atoms with E-state index in [1.54, 1.807) is 12.4 Å². The predicted octanol–water partition coefficient (Wildman–Crippen LogP) is 2.40. The van der Waals surface area contributed by atoms with E-state index in [0.717, 1.165) is 48.8 Å². The minimum absolute atomic E-state index is 0.169. The first-order valence-corrected chi connectivity index (χ1v) is 12.2. The lowest BCUT2D eigenvalue weighted by Crippen LogP contribution is -2.56. The van der Waals surface area contributed by atoms with E-state index >= 15 is 0 Å². The number of nitrogens with two attached hydrogens (primary N) is 1. The van der Waals surface area contributed by atoms with Crippen LogP contribution in [-0.4, -0.2) is 45.0 Å². The zero-order valence-corrected chi connectivity index (χ0v) is 19.9. The molecule has 3 heterocycles.